The molecule has 1 fully saturated rings. The molecule has 1 aromatic rings. The van der Waals surface area contributed by atoms with E-state index in [-0.39, 0.29) is 12.5 Å². The summed E-state index contributed by atoms with van der Waals surface area (Å²) in [6.07, 6.45) is 1.69. The Labute approximate surface area is 118 Å². The van der Waals surface area contributed by atoms with Crippen LogP contribution in [0.25, 0.3) is 0 Å². The molecule has 2 N–H and O–H groups in total. The lowest BCUT2D eigenvalue weighted by atomic mass is 9.94. The molecular formula is C15H21NO4. The molecule has 0 radical (unpaired) electrons. The van der Waals surface area contributed by atoms with Crippen LogP contribution in [-0.4, -0.2) is 44.5 Å². The van der Waals surface area contributed by atoms with Gasteiger partial charge in [0.2, 0.25) is 5.91 Å². The van der Waals surface area contributed by atoms with Gasteiger partial charge in [0.25, 0.3) is 0 Å². The molecule has 0 saturated heterocycles. The van der Waals surface area contributed by atoms with E-state index in [1.165, 1.54) is 0 Å². The Hall–Kier alpha value is -1.59. The summed E-state index contributed by atoms with van der Waals surface area (Å²) < 4.78 is 10.5. The number of carbonyl (C=O) groups excluding carboxylic acids is 1. The van der Waals surface area contributed by atoms with Gasteiger partial charge in [0.15, 0.2) is 0 Å². The van der Waals surface area contributed by atoms with E-state index in [0.717, 1.165) is 24.2 Å². The first-order chi connectivity index (χ1) is 9.74. The summed E-state index contributed by atoms with van der Waals surface area (Å²) in [7, 11) is 1.62. The molecule has 0 atom stereocenters. The van der Waals surface area contributed by atoms with Gasteiger partial charge in [0.05, 0.1) is 32.3 Å². The van der Waals surface area contributed by atoms with E-state index in [9.17, 15) is 4.79 Å². The number of ether oxygens (including phenoxy) is 2. The van der Waals surface area contributed by atoms with Crippen molar-refractivity contribution in [3.63, 3.8) is 0 Å². The van der Waals surface area contributed by atoms with E-state index in [1.54, 1.807) is 7.11 Å². The Bertz CT molecular complexity index is 457. The largest absolute Gasteiger partial charge is 0.496 e. The van der Waals surface area contributed by atoms with E-state index in [1.807, 2.05) is 24.3 Å². The van der Waals surface area contributed by atoms with Crippen molar-refractivity contribution in [1.29, 1.82) is 0 Å². The van der Waals surface area contributed by atoms with Gasteiger partial charge >= 0.3 is 0 Å². The molecule has 1 amide bonds. The topological polar surface area (TPSA) is 67.8 Å². The third-order valence-electron chi connectivity index (χ3n) is 3.57. The van der Waals surface area contributed by atoms with Crippen LogP contribution in [-0.2, 0) is 14.9 Å². The number of aliphatic hydroxyl groups excluding tert-OH is 1. The van der Waals surface area contributed by atoms with E-state index in [4.69, 9.17) is 14.6 Å². The van der Waals surface area contributed by atoms with Crippen LogP contribution in [0.4, 0.5) is 0 Å². The first-order valence-electron chi connectivity index (χ1n) is 6.85. The van der Waals surface area contributed by atoms with Crippen LogP contribution in [0.1, 0.15) is 18.4 Å². The molecule has 1 aromatic carbocycles. The lowest BCUT2D eigenvalue weighted by Crippen LogP contribution is -2.37. The lowest BCUT2D eigenvalue weighted by molar-refractivity contribution is -0.123. The number of aliphatic hydroxyl groups is 1. The molecule has 1 aliphatic rings. The zero-order chi connectivity index (χ0) is 14.4. The van der Waals surface area contributed by atoms with E-state index < -0.39 is 5.41 Å². The number of methoxy groups -OCH3 is 1. The molecule has 110 valence electrons. The van der Waals surface area contributed by atoms with E-state index >= 15 is 0 Å². The average Bonchev–Trinajstić information content (AvgIpc) is 3.28. The monoisotopic (exact) mass is 279 g/mol. The van der Waals surface area contributed by atoms with Crippen molar-refractivity contribution in [3.8, 4) is 5.75 Å². The van der Waals surface area contributed by atoms with Crippen LogP contribution >= 0.6 is 0 Å². The minimum absolute atomic E-state index is 0.000895. The predicted molar refractivity (Wildman–Crippen MR) is 74.8 cm³/mol. The van der Waals surface area contributed by atoms with Gasteiger partial charge in [-0.2, -0.15) is 0 Å². The predicted octanol–water partition coefficient (Wildman–Crippen LogP) is 0.852. The van der Waals surface area contributed by atoms with Crippen molar-refractivity contribution in [2.75, 3.05) is 33.5 Å². The first-order valence-corrected chi connectivity index (χ1v) is 6.85. The van der Waals surface area contributed by atoms with Crippen LogP contribution in [0, 0.1) is 0 Å². The number of benzene rings is 1. The second-order valence-corrected chi connectivity index (χ2v) is 4.87. The fraction of sp³-hybridized carbons (Fsp3) is 0.533. The lowest BCUT2D eigenvalue weighted by Gasteiger charge is -2.18. The van der Waals surface area contributed by atoms with Crippen molar-refractivity contribution in [3.05, 3.63) is 29.8 Å². The van der Waals surface area contributed by atoms with Crippen molar-refractivity contribution >= 4 is 5.91 Å². The maximum atomic E-state index is 12.4. The molecule has 0 spiro atoms. The summed E-state index contributed by atoms with van der Waals surface area (Å²) in [5.74, 6) is 0.784. The number of carbonyl (C=O) groups is 1. The average molecular weight is 279 g/mol. The van der Waals surface area contributed by atoms with Crippen molar-refractivity contribution in [1.82, 2.24) is 5.32 Å². The maximum Gasteiger partial charge on any atom is 0.230 e. The third kappa shape index (κ3) is 3.11. The molecule has 5 nitrogen and oxygen atoms in total. The molecule has 1 aliphatic carbocycles. The Morgan fingerprint density at radius 3 is 2.75 bits per heavy atom. The number of hydrogen-bond acceptors (Lipinski definition) is 4. The Morgan fingerprint density at radius 2 is 2.10 bits per heavy atom. The fourth-order valence-corrected chi connectivity index (χ4v) is 2.36. The maximum absolute atomic E-state index is 12.4. The molecule has 0 unspecified atom stereocenters. The number of rotatable bonds is 8. The summed E-state index contributed by atoms with van der Waals surface area (Å²) in [5.41, 5.74) is 0.514. The summed E-state index contributed by atoms with van der Waals surface area (Å²) in [6.45, 7) is 1.16. The number of hydrogen-bond donors (Lipinski definition) is 2. The van der Waals surface area contributed by atoms with Crippen molar-refractivity contribution in [2.24, 2.45) is 0 Å². The van der Waals surface area contributed by atoms with Gasteiger partial charge in [-0.05, 0) is 18.9 Å². The van der Waals surface area contributed by atoms with Gasteiger partial charge < -0.3 is 19.9 Å². The van der Waals surface area contributed by atoms with Gasteiger partial charge in [-0.15, -0.1) is 0 Å². The highest BCUT2D eigenvalue weighted by Crippen LogP contribution is 2.51. The molecule has 2 rings (SSSR count). The third-order valence-corrected chi connectivity index (χ3v) is 3.57. The van der Waals surface area contributed by atoms with Gasteiger partial charge in [0.1, 0.15) is 5.75 Å². The zero-order valence-electron chi connectivity index (χ0n) is 11.7. The highest BCUT2D eigenvalue weighted by molar-refractivity contribution is 5.92. The molecular weight excluding hydrogens is 258 g/mol. The van der Waals surface area contributed by atoms with E-state index in [2.05, 4.69) is 5.32 Å². The van der Waals surface area contributed by atoms with Crippen molar-refractivity contribution in [2.45, 2.75) is 18.3 Å². The molecule has 0 heterocycles. The van der Waals surface area contributed by atoms with Crippen molar-refractivity contribution < 1.29 is 19.4 Å². The molecule has 5 heteroatoms. The quantitative estimate of drug-likeness (QED) is 0.692. The SMILES string of the molecule is COc1ccccc1C1(C(=O)NCCOCCO)CC1. The number of nitrogens with one attached hydrogen (secondary N) is 1. The Balaban J connectivity index is 1.95. The normalized spacial score (nSPS) is 15.7. The number of amides is 1. The first kappa shape index (κ1) is 14.8. The smallest absolute Gasteiger partial charge is 0.230 e. The second kappa shape index (κ2) is 6.72. The summed E-state index contributed by atoms with van der Waals surface area (Å²) in [6, 6.07) is 7.66. The van der Waals surface area contributed by atoms with Gasteiger partial charge in [-0.3, -0.25) is 4.79 Å². The summed E-state index contributed by atoms with van der Waals surface area (Å²) >= 11 is 0. The fourth-order valence-electron chi connectivity index (χ4n) is 2.36. The summed E-state index contributed by atoms with van der Waals surface area (Å²) in [5, 5.41) is 11.5. The van der Waals surface area contributed by atoms with Crippen LogP contribution in [0.15, 0.2) is 24.3 Å². The van der Waals surface area contributed by atoms with Crippen LogP contribution in [0.2, 0.25) is 0 Å². The second-order valence-electron chi connectivity index (χ2n) is 4.87. The summed E-state index contributed by atoms with van der Waals surface area (Å²) in [4.78, 5) is 12.4. The van der Waals surface area contributed by atoms with Gasteiger partial charge in [-0.25, -0.2) is 0 Å². The molecule has 1 saturated carbocycles. The Morgan fingerprint density at radius 1 is 1.35 bits per heavy atom. The van der Waals surface area contributed by atoms with Gasteiger partial charge in [-0.1, -0.05) is 18.2 Å². The number of para-hydroxylation sites is 1. The van der Waals surface area contributed by atoms with E-state index in [0.29, 0.717) is 19.8 Å². The standard InChI is InChI=1S/C15H21NO4/c1-19-13-5-3-2-4-12(13)15(6-7-15)14(18)16-8-10-20-11-9-17/h2-5,17H,6-11H2,1H3,(H,16,18). The molecule has 0 aliphatic heterocycles. The van der Waals surface area contributed by atoms with Crippen LogP contribution < -0.4 is 10.1 Å². The molecule has 20 heavy (non-hydrogen) atoms. The highest BCUT2D eigenvalue weighted by atomic mass is 16.5. The minimum Gasteiger partial charge on any atom is -0.496 e. The highest BCUT2D eigenvalue weighted by Gasteiger charge is 2.52. The molecule has 0 aromatic heterocycles. The van der Waals surface area contributed by atoms with Crippen LogP contribution in [0.5, 0.6) is 5.75 Å². The Kier molecular flexibility index (Phi) is 4.98. The minimum atomic E-state index is -0.441. The molecule has 0 bridgehead atoms. The zero-order valence-corrected chi connectivity index (χ0v) is 11.7. The van der Waals surface area contributed by atoms with Gasteiger partial charge in [0, 0.05) is 12.1 Å². The van der Waals surface area contributed by atoms with Crippen LogP contribution in [0.3, 0.4) is 0 Å².